The molecule has 3 fully saturated rings. The zero-order valence-corrected chi connectivity index (χ0v) is 17.4. The molecule has 4 heteroatoms. The van der Waals surface area contributed by atoms with Crippen molar-refractivity contribution >= 4 is 6.09 Å². The average Bonchev–Trinajstić information content (AvgIpc) is 3.10. The summed E-state index contributed by atoms with van der Waals surface area (Å²) in [4.78, 5) is 12.4. The minimum atomic E-state index is -0.236. The Morgan fingerprint density at radius 1 is 1.19 bits per heavy atom. The van der Waals surface area contributed by atoms with Crippen LogP contribution >= 0.6 is 0 Å². The molecule has 1 heterocycles. The SMILES string of the molecule is CC1=C[C@H](C)[C@]2(COC(=O)NC3CCCCC3)COC3(CCCC3)[C@@H]1[C@@H]2C. The highest BCUT2D eigenvalue weighted by molar-refractivity contribution is 5.67. The van der Waals surface area contributed by atoms with Gasteiger partial charge in [-0.3, -0.25) is 0 Å². The van der Waals surface area contributed by atoms with Crippen LogP contribution in [-0.2, 0) is 9.47 Å². The molecule has 4 atom stereocenters. The van der Waals surface area contributed by atoms with E-state index in [4.69, 9.17) is 9.47 Å². The molecule has 1 amide bonds. The second-order valence-corrected chi connectivity index (χ2v) is 9.81. The fourth-order valence-corrected chi connectivity index (χ4v) is 6.69. The number of fused-ring (bicyclic) bond motifs is 3. The van der Waals surface area contributed by atoms with Crippen LogP contribution in [0.15, 0.2) is 11.6 Å². The monoisotopic (exact) mass is 375 g/mol. The minimum absolute atomic E-state index is 0.0357. The first-order valence-corrected chi connectivity index (χ1v) is 11.2. The van der Waals surface area contributed by atoms with Gasteiger partial charge < -0.3 is 14.8 Å². The molecule has 0 aromatic carbocycles. The van der Waals surface area contributed by atoms with Gasteiger partial charge in [0, 0.05) is 17.4 Å². The summed E-state index contributed by atoms with van der Waals surface area (Å²) in [6.07, 6.45) is 13.0. The molecule has 0 unspecified atom stereocenters. The Kier molecular flexibility index (Phi) is 5.30. The summed E-state index contributed by atoms with van der Waals surface area (Å²) in [5.41, 5.74) is 1.43. The molecule has 1 spiro atoms. The van der Waals surface area contributed by atoms with E-state index in [9.17, 15) is 4.79 Å². The third kappa shape index (κ3) is 3.32. The Morgan fingerprint density at radius 2 is 1.89 bits per heavy atom. The van der Waals surface area contributed by atoms with Crippen molar-refractivity contribution < 1.29 is 14.3 Å². The first-order valence-electron chi connectivity index (χ1n) is 11.2. The molecule has 4 rings (SSSR count). The van der Waals surface area contributed by atoms with Gasteiger partial charge in [-0.05, 0) is 44.4 Å². The highest BCUT2D eigenvalue weighted by Crippen LogP contribution is 2.59. The smallest absolute Gasteiger partial charge is 0.407 e. The van der Waals surface area contributed by atoms with Gasteiger partial charge in [-0.25, -0.2) is 4.79 Å². The van der Waals surface area contributed by atoms with E-state index in [1.54, 1.807) is 0 Å². The maximum Gasteiger partial charge on any atom is 0.407 e. The number of hydrogen-bond acceptors (Lipinski definition) is 3. The number of alkyl carbamates (subject to hydrolysis) is 1. The summed E-state index contributed by atoms with van der Waals surface area (Å²) in [6.45, 7) is 8.11. The van der Waals surface area contributed by atoms with Crippen LogP contribution in [0.4, 0.5) is 4.79 Å². The molecule has 2 bridgehead atoms. The van der Waals surface area contributed by atoms with E-state index in [0.717, 1.165) is 12.8 Å². The van der Waals surface area contributed by atoms with Crippen molar-refractivity contribution in [2.24, 2.45) is 23.2 Å². The average molecular weight is 376 g/mol. The van der Waals surface area contributed by atoms with Crippen molar-refractivity contribution in [2.45, 2.75) is 90.2 Å². The molecule has 2 saturated carbocycles. The molecular weight excluding hydrogens is 338 g/mol. The molecular formula is C23H37NO3. The number of carbonyl (C=O) groups is 1. The lowest BCUT2D eigenvalue weighted by atomic mass is 9.53. The molecule has 27 heavy (non-hydrogen) atoms. The Morgan fingerprint density at radius 3 is 2.59 bits per heavy atom. The molecule has 1 saturated heterocycles. The van der Waals surface area contributed by atoms with Crippen molar-refractivity contribution in [1.29, 1.82) is 0 Å². The maximum absolute atomic E-state index is 12.4. The van der Waals surface area contributed by atoms with Gasteiger partial charge in [-0.2, -0.15) is 0 Å². The number of ether oxygens (including phenoxy) is 2. The number of hydrogen-bond donors (Lipinski definition) is 1. The quantitative estimate of drug-likeness (QED) is 0.688. The summed E-state index contributed by atoms with van der Waals surface area (Å²) in [5, 5.41) is 3.10. The van der Waals surface area contributed by atoms with Gasteiger partial charge in [0.1, 0.15) is 6.61 Å². The van der Waals surface area contributed by atoms with E-state index in [1.807, 2.05) is 0 Å². The largest absolute Gasteiger partial charge is 0.449 e. The van der Waals surface area contributed by atoms with Gasteiger partial charge in [0.05, 0.1) is 12.2 Å². The Labute approximate surface area is 164 Å². The van der Waals surface area contributed by atoms with E-state index < -0.39 is 0 Å². The zero-order valence-electron chi connectivity index (χ0n) is 17.4. The van der Waals surface area contributed by atoms with Gasteiger partial charge in [0.25, 0.3) is 0 Å². The zero-order chi connectivity index (χ0) is 19.1. The lowest BCUT2D eigenvalue weighted by Crippen LogP contribution is -2.61. The number of carbonyl (C=O) groups excluding carboxylic acids is 1. The van der Waals surface area contributed by atoms with Crippen molar-refractivity contribution in [3.63, 3.8) is 0 Å². The van der Waals surface area contributed by atoms with Crippen LogP contribution in [0.2, 0.25) is 0 Å². The topological polar surface area (TPSA) is 47.6 Å². The van der Waals surface area contributed by atoms with E-state index in [0.29, 0.717) is 37.0 Å². The third-order valence-electron chi connectivity index (χ3n) is 8.36. The Hall–Kier alpha value is -1.03. The Bertz CT molecular complexity index is 588. The van der Waals surface area contributed by atoms with Crippen LogP contribution in [0.1, 0.15) is 78.6 Å². The summed E-state index contributed by atoms with van der Waals surface area (Å²) < 4.78 is 12.5. The second kappa shape index (κ2) is 7.42. The van der Waals surface area contributed by atoms with Crippen molar-refractivity contribution in [2.75, 3.05) is 13.2 Å². The number of nitrogens with one attached hydrogen (secondary N) is 1. The van der Waals surface area contributed by atoms with Crippen LogP contribution in [0.25, 0.3) is 0 Å². The van der Waals surface area contributed by atoms with Gasteiger partial charge in [0.15, 0.2) is 0 Å². The van der Waals surface area contributed by atoms with Crippen LogP contribution in [0.3, 0.4) is 0 Å². The van der Waals surface area contributed by atoms with Crippen LogP contribution < -0.4 is 5.32 Å². The first kappa shape index (κ1) is 19.3. The standard InChI is InChI=1S/C23H37NO3/c1-16-13-17(2)22(14-26-21(25)24-19-9-5-4-6-10-19)15-27-23(11-7-8-12-23)20(16)18(22)3/h13,17-20H,4-12,14-15H2,1-3H3,(H,24,25)/t17-,18-,20-,22-/m0/s1. The lowest BCUT2D eigenvalue weighted by Gasteiger charge is -2.59. The first-order chi connectivity index (χ1) is 13.0. The van der Waals surface area contributed by atoms with Crippen LogP contribution in [0.5, 0.6) is 0 Å². The fourth-order valence-electron chi connectivity index (χ4n) is 6.69. The molecule has 4 nitrogen and oxygen atoms in total. The fraction of sp³-hybridized carbons (Fsp3) is 0.870. The summed E-state index contributed by atoms with van der Waals surface area (Å²) in [7, 11) is 0. The Balaban J connectivity index is 1.45. The van der Waals surface area contributed by atoms with Crippen molar-refractivity contribution in [1.82, 2.24) is 5.32 Å². The van der Waals surface area contributed by atoms with E-state index in [1.165, 1.54) is 50.5 Å². The number of allylic oxidation sites excluding steroid dienone is 1. The van der Waals surface area contributed by atoms with E-state index >= 15 is 0 Å². The second-order valence-electron chi connectivity index (χ2n) is 9.81. The van der Waals surface area contributed by atoms with Crippen molar-refractivity contribution in [3.8, 4) is 0 Å². The highest BCUT2D eigenvalue weighted by Gasteiger charge is 2.60. The minimum Gasteiger partial charge on any atom is -0.449 e. The number of amides is 1. The van der Waals surface area contributed by atoms with Gasteiger partial charge in [-0.1, -0.05) is 57.6 Å². The van der Waals surface area contributed by atoms with Gasteiger partial charge in [0.2, 0.25) is 0 Å². The van der Waals surface area contributed by atoms with E-state index in [-0.39, 0.29) is 17.1 Å². The number of rotatable bonds is 3. The maximum atomic E-state index is 12.4. The summed E-state index contributed by atoms with van der Waals surface area (Å²) in [5.74, 6) is 1.31. The molecule has 0 aromatic heterocycles. The third-order valence-corrected chi connectivity index (χ3v) is 8.36. The normalized spacial score (nSPS) is 38.5. The molecule has 152 valence electrons. The molecule has 0 aromatic rings. The van der Waals surface area contributed by atoms with Crippen molar-refractivity contribution in [3.05, 3.63) is 11.6 Å². The van der Waals surface area contributed by atoms with E-state index in [2.05, 4.69) is 32.2 Å². The summed E-state index contributed by atoms with van der Waals surface area (Å²) >= 11 is 0. The molecule has 1 aliphatic heterocycles. The van der Waals surface area contributed by atoms with Crippen LogP contribution in [-0.4, -0.2) is 30.9 Å². The van der Waals surface area contributed by atoms with Gasteiger partial charge in [-0.15, -0.1) is 0 Å². The predicted octanol–water partition coefficient (Wildman–Crippen LogP) is 5.22. The summed E-state index contributed by atoms with van der Waals surface area (Å²) in [6, 6.07) is 0.296. The van der Waals surface area contributed by atoms with Crippen LogP contribution in [0, 0.1) is 23.2 Å². The predicted molar refractivity (Wildman–Crippen MR) is 107 cm³/mol. The highest BCUT2D eigenvalue weighted by atomic mass is 16.6. The lowest BCUT2D eigenvalue weighted by molar-refractivity contribution is -0.212. The van der Waals surface area contributed by atoms with Gasteiger partial charge >= 0.3 is 6.09 Å². The molecule has 3 aliphatic carbocycles. The molecule has 0 radical (unpaired) electrons. The molecule has 1 N–H and O–H groups in total. The molecule has 4 aliphatic rings.